The summed E-state index contributed by atoms with van der Waals surface area (Å²) < 4.78 is 0. The number of nitrogens with zero attached hydrogens (tertiary/aromatic N) is 1. The summed E-state index contributed by atoms with van der Waals surface area (Å²) in [5.74, 6) is 0. The number of hydrogen-bond donors (Lipinski definition) is 2. The van der Waals surface area contributed by atoms with Crippen LogP contribution in [0.5, 0.6) is 0 Å². The van der Waals surface area contributed by atoms with Crippen molar-refractivity contribution < 1.29 is 9.90 Å². The topological polar surface area (TPSA) is 52.6 Å². The van der Waals surface area contributed by atoms with Crippen molar-refractivity contribution in [2.75, 3.05) is 18.5 Å². The number of nitrogens with one attached hydrogen (secondary N) is 1. The molecule has 1 aromatic rings. The van der Waals surface area contributed by atoms with Gasteiger partial charge < -0.3 is 15.3 Å². The normalized spacial score (nSPS) is 15.5. The second kappa shape index (κ2) is 6.57. The van der Waals surface area contributed by atoms with E-state index in [-0.39, 0.29) is 18.7 Å². The minimum atomic E-state index is -0.105. The number of rotatable bonds is 4. The van der Waals surface area contributed by atoms with Crippen LogP contribution in [-0.4, -0.2) is 35.2 Å². The van der Waals surface area contributed by atoms with E-state index in [1.54, 1.807) is 4.90 Å². The summed E-state index contributed by atoms with van der Waals surface area (Å²) in [5.41, 5.74) is 1.93. The maximum atomic E-state index is 12.3. The average Bonchev–Trinajstić information content (AvgIpc) is 2.89. The lowest BCUT2D eigenvalue weighted by molar-refractivity contribution is 0.163. The fourth-order valence-electron chi connectivity index (χ4n) is 2.69. The first-order valence-electron chi connectivity index (χ1n) is 6.96. The Hall–Kier alpha value is -1.55. The lowest BCUT2D eigenvalue weighted by Crippen LogP contribution is -2.43. The van der Waals surface area contributed by atoms with Gasteiger partial charge in [0.2, 0.25) is 0 Å². The molecule has 1 fully saturated rings. The predicted octanol–water partition coefficient (Wildman–Crippen LogP) is 2.76. The summed E-state index contributed by atoms with van der Waals surface area (Å²) in [7, 11) is 0. The van der Waals surface area contributed by atoms with E-state index < -0.39 is 0 Å². The molecule has 1 aliphatic carbocycles. The summed E-state index contributed by atoms with van der Waals surface area (Å²) in [5, 5.41) is 12.1. The Kier molecular flexibility index (Phi) is 4.80. The smallest absolute Gasteiger partial charge is 0.322 e. The predicted molar refractivity (Wildman–Crippen MR) is 76.2 cm³/mol. The number of aryl methyl sites for hydroxylation is 1. The molecular formula is C15H22N2O2. The van der Waals surface area contributed by atoms with Gasteiger partial charge >= 0.3 is 6.03 Å². The third-order valence-electron chi connectivity index (χ3n) is 3.64. The zero-order valence-electron chi connectivity index (χ0n) is 11.4. The summed E-state index contributed by atoms with van der Waals surface area (Å²) in [4.78, 5) is 14.1. The van der Waals surface area contributed by atoms with E-state index in [1.807, 2.05) is 31.2 Å². The molecule has 0 saturated heterocycles. The number of hydrogen-bond acceptors (Lipinski definition) is 2. The van der Waals surface area contributed by atoms with Crippen LogP contribution in [0, 0.1) is 6.92 Å². The van der Waals surface area contributed by atoms with Gasteiger partial charge in [-0.2, -0.15) is 0 Å². The molecule has 2 amide bonds. The molecule has 0 aliphatic heterocycles. The first kappa shape index (κ1) is 13.9. The zero-order chi connectivity index (χ0) is 13.7. The zero-order valence-corrected chi connectivity index (χ0v) is 11.4. The van der Waals surface area contributed by atoms with Crippen molar-refractivity contribution >= 4 is 11.7 Å². The molecule has 4 heteroatoms. The van der Waals surface area contributed by atoms with E-state index in [9.17, 15) is 4.79 Å². The van der Waals surface area contributed by atoms with Crippen LogP contribution in [0.25, 0.3) is 0 Å². The van der Waals surface area contributed by atoms with Crippen LogP contribution in [0.4, 0.5) is 10.5 Å². The summed E-state index contributed by atoms with van der Waals surface area (Å²) in [6, 6.07) is 7.93. The molecule has 19 heavy (non-hydrogen) atoms. The minimum absolute atomic E-state index is 0.0116. The van der Waals surface area contributed by atoms with Crippen LogP contribution in [0.2, 0.25) is 0 Å². The maximum Gasteiger partial charge on any atom is 0.322 e. The highest BCUT2D eigenvalue weighted by Crippen LogP contribution is 2.24. The van der Waals surface area contributed by atoms with E-state index in [2.05, 4.69) is 5.32 Å². The molecule has 1 saturated carbocycles. The fourth-order valence-corrected chi connectivity index (χ4v) is 2.69. The van der Waals surface area contributed by atoms with E-state index >= 15 is 0 Å². The Balaban J connectivity index is 2.02. The Morgan fingerprint density at radius 2 is 2.16 bits per heavy atom. The van der Waals surface area contributed by atoms with Crippen molar-refractivity contribution in [3.8, 4) is 0 Å². The van der Waals surface area contributed by atoms with Gasteiger partial charge in [-0.25, -0.2) is 4.79 Å². The largest absolute Gasteiger partial charge is 0.395 e. The number of anilines is 1. The molecule has 4 nitrogen and oxygen atoms in total. The fraction of sp³-hybridized carbons (Fsp3) is 0.533. The van der Waals surface area contributed by atoms with E-state index in [1.165, 1.54) is 12.8 Å². The molecule has 0 aromatic heterocycles. The lowest BCUT2D eigenvalue weighted by Gasteiger charge is -2.28. The summed E-state index contributed by atoms with van der Waals surface area (Å²) in [6.07, 6.45) is 4.43. The minimum Gasteiger partial charge on any atom is -0.395 e. The third kappa shape index (κ3) is 3.70. The monoisotopic (exact) mass is 262 g/mol. The van der Waals surface area contributed by atoms with Crippen molar-refractivity contribution in [3.05, 3.63) is 29.8 Å². The Bertz CT molecular complexity index is 428. The van der Waals surface area contributed by atoms with Crippen LogP contribution in [0.15, 0.2) is 24.3 Å². The van der Waals surface area contributed by atoms with Gasteiger partial charge in [0, 0.05) is 18.3 Å². The molecule has 2 N–H and O–H groups in total. The van der Waals surface area contributed by atoms with Gasteiger partial charge in [-0.05, 0) is 37.5 Å². The second-order valence-electron chi connectivity index (χ2n) is 5.15. The SMILES string of the molecule is Cc1cccc(NC(=O)N(CCO)C2CCCC2)c1. The van der Waals surface area contributed by atoms with Crippen molar-refractivity contribution in [2.24, 2.45) is 0 Å². The van der Waals surface area contributed by atoms with Gasteiger partial charge in [0.25, 0.3) is 0 Å². The molecule has 0 unspecified atom stereocenters. The van der Waals surface area contributed by atoms with Gasteiger partial charge in [-0.3, -0.25) is 0 Å². The number of aliphatic hydroxyl groups is 1. The highest BCUT2D eigenvalue weighted by molar-refractivity contribution is 5.89. The Morgan fingerprint density at radius 3 is 2.79 bits per heavy atom. The molecule has 2 rings (SSSR count). The van der Waals surface area contributed by atoms with Crippen molar-refractivity contribution in [2.45, 2.75) is 38.6 Å². The first-order valence-corrected chi connectivity index (χ1v) is 6.96. The van der Waals surface area contributed by atoms with E-state index in [4.69, 9.17) is 5.11 Å². The Labute approximate surface area is 114 Å². The van der Waals surface area contributed by atoms with Crippen LogP contribution < -0.4 is 5.32 Å². The van der Waals surface area contributed by atoms with E-state index in [0.29, 0.717) is 6.54 Å². The molecule has 104 valence electrons. The van der Waals surface area contributed by atoms with E-state index in [0.717, 1.165) is 24.1 Å². The van der Waals surface area contributed by atoms with Gasteiger partial charge in [-0.1, -0.05) is 25.0 Å². The number of carbonyl (C=O) groups excluding carboxylic acids is 1. The van der Waals surface area contributed by atoms with Crippen LogP contribution >= 0.6 is 0 Å². The quantitative estimate of drug-likeness (QED) is 0.876. The molecule has 1 aromatic carbocycles. The standard InChI is InChI=1S/C15H22N2O2/c1-12-5-4-6-13(11-12)16-15(19)17(9-10-18)14-7-2-3-8-14/h4-6,11,14,18H,2-3,7-10H2,1H3,(H,16,19). The highest BCUT2D eigenvalue weighted by Gasteiger charge is 2.26. The Morgan fingerprint density at radius 1 is 1.42 bits per heavy atom. The maximum absolute atomic E-state index is 12.3. The van der Waals surface area contributed by atoms with Crippen molar-refractivity contribution in [1.29, 1.82) is 0 Å². The van der Waals surface area contributed by atoms with Crippen LogP contribution in [0.3, 0.4) is 0 Å². The lowest BCUT2D eigenvalue weighted by atomic mass is 10.2. The molecule has 0 atom stereocenters. The van der Waals surface area contributed by atoms with Crippen LogP contribution in [-0.2, 0) is 0 Å². The summed E-state index contributed by atoms with van der Waals surface area (Å²) >= 11 is 0. The van der Waals surface area contributed by atoms with Crippen LogP contribution in [0.1, 0.15) is 31.2 Å². The average molecular weight is 262 g/mol. The highest BCUT2D eigenvalue weighted by atomic mass is 16.3. The number of benzene rings is 1. The molecule has 1 aliphatic rings. The number of urea groups is 1. The molecule has 0 heterocycles. The van der Waals surface area contributed by atoms with Gasteiger partial charge in [0.15, 0.2) is 0 Å². The number of carbonyl (C=O) groups is 1. The third-order valence-corrected chi connectivity index (χ3v) is 3.64. The molecular weight excluding hydrogens is 240 g/mol. The second-order valence-corrected chi connectivity index (χ2v) is 5.15. The number of aliphatic hydroxyl groups excluding tert-OH is 1. The molecule has 0 radical (unpaired) electrons. The number of amides is 2. The molecule has 0 bridgehead atoms. The van der Waals surface area contributed by atoms with Gasteiger partial charge in [-0.15, -0.1) is 0 Å². The van der Waals surface area contributed by atoms with Gasteiger partial charge in [0.1, 0.15) is 0 Å². The molecule has 0 spiro atoms. The van der Waals surface area contributed by atoms with Gasteiger partial charge in [0.05, 0.1) is 6.61 Å². The first-order chi connectivity index (χ1) is 9.20. The summed E-state index contributed by atoms with van der Waals surface area (Å²) in [6.45, 7) is 2.41. The van der Waals surface area contributed by atoms with Crippen molar-refractivity contribution in [3.63, 3.8) is 0 Å². The van der Waals surface area contributed by atoms with Crippen molar-refractivity contribution in [1.82, 2.24) is 4.90 Å².